The highest BCUT2D eigenvalue weighted by Gasteiger charge is 2.51. The highest BCUT2D eigenvalue weighted by atomic mass is 16.7. The Labute approximate surface area is 218 Å². The quantitative estimate of drug-likeness (QED) is 0.139. The van der Waals surface area contributed by atoms with Crippen molar-refractivity contribution in [2.45, 2.75) is 86.0 Å². The molecule has 1 aromatic rings. The van der Waals surface area contributed by atoms with Crippen molar-refractivity contribution >= 4 is 0 Å². The number of rotatable bonds is 8. The van der Waals surface area contributed by atoms with Gasteiger partial charge in [-0.25, -0.2) is 4.79 Å². The van der Waals surface area contributed by atoms with Gasteiger partial charge in [-0.15, -0.1) is 0 Å². The Hall–Kier alpha value is -1.88. The fourth-order valence-electron chi connectivity index (χ4n) is 4.61. The van der Waals surface area contributed by atoms with Crippen LogP contribution in [0.2, 0.25) is 0 Å². The molecule has 3 saturated heterocycles. The SMILES string of the molecule is O=c1ccn([C@@H]2O[C@H](CO[C@@H]3O[C@H](CO)[C@@H](O[C@@H]4O[C@H](CO)[C@H](O)[C@H](O)[C@H]4O)[C@H](O)[C@H]3O)[C@@H](O)[C@H]2O)c(=O)[nH]1. The summed E-state index contributed by atoms with van der Waals surface area (Å²) in [6, 6.07) is 1.01. The van der Waals surface area contributed by atoms with Crippen molar-refractivity contribution in [3.63, 3.8) is 0 Å². The molecule has 0 bridgehead atoms. The minimum absolute atomic E-state index is 0.530. The first-order valence-corrected chi connectivity index (χ1v) is 12.0. The van der Waals surface area contributed by atoms with E-state index < -0.39 is 117 Å². The third-order valence-electron chi connectivity index (χ3n) is 6.85. The summed E-state index contributed by atoms with van der Waals surface area (Å²) >= 11 is 0. The first-order valence-electron chi connectivity index (χ1n) is 12.0. The van der Waals surface area contributed by atoms with Crippen molar-refractivity contribution < 1.29 is 69.6 Å². The molecule has 14 atom stereocenters. The van der Waals surface area contributed by atoms with Gasteiger partial charge in [0, 0.05) is 12.3 Å². The van der Waals surface area contributed by atoms with Crippen LogP contribution in [0.3, 0.4) is 0 Å². The molecule has 0 amide bonds. The van der Waals surface area contributed by atoms with E-state index in [1.807, 2.05) is 4.98 Å². The van der Waals surface area contributed by atoms with Crippen molar-refractivity contribution in [3.05, 3.63) is 33.1 Å². The van der Waals surface area contributed by atoms with Gasteiger partial charge in [0.25, 0.3) is 5.56 Å². The summed E-state index contributed by atoms with van der Waals surface area (Å²) in [5.74, 6) is 0. The van der Waals surface area contributed by atoms with Crippen LogP contribution in [0, 0.1) is 0 Å². The number of aromatic nitrogens is 2. The molecule has 0 radical (unpaired) electrons. The molecule has 0 unspecified atom stereocenters. The molecular formula is C21H32N2O16. The van der Waals surface area contributed by atoms with Crippen LogP contribution in [0.15, 0.2) is 21.9 Å². The highest BCUT2D eigenvalue weighted by molar-refractivity contribution is 4.96. The van der Waals surface area contributed by atoms with E-state index in [1.165, 1.54) is 0 Å². The number of hydrogen-bond acceptors (Lipinski definition) is 16. The number of nitrogens with zero attached hydrogens (tertiary/aromatic N) is 1. The van der Waals surface area contributed by atoms with E-state index in [-0.39, 0.29) is 0 Å². The monoisotopic (exact) mass is 568 g/mol. The molecule has 18 heteroatoms. The number of H-pyrrole nitrogens is 1. The predicted octanol–water partition coefficient (Wildman–Crippen LogP) is -7.20. The summed E-state index contributed by atoms with van der Waals surface area (Å²) in [6.45, 7) is -2.06. The van der Waals surface area contributed by atoms with Gasteiger partial charge in [-0.1, -0.05) is 0 Å². The predicted molar refractivity (Wildman–Crippen MR) is 120 cm³/mol. The van der Waals surface area contributed by atoms with Gasteiger partial charge >= 0.3 is 5.69 Å². The van der Waals surface area contributed by atoms with Gasteiger partial charge < -0.3 is 69.6 Å². The molecular weight excluding hydrogens is 536 g/mol. The fraction of sp³-hybridized carbons (Fsp3) is 0.810. The molecule has 3 aliphatic heterocycles. The van der Waals surface area contributed by atoms with Gasteiger partial charge in [-0.05, 0) is 0 Å². The van der Waals surface area contributed by atoms with Crippen molar-refractivity contribution in [2.75, 3.05) is 19.8 Å². The lowest BCUT2D eigenvalue weighted by atomic mass is 9.97. The average Bonchev–Trinajstić information content (AvgIpc) is 3.19. The van der Waals surface area contributed by atoms with E-state index in [2.05, 4.69) is 0 Å². The Morgan fingerprint density at radius 1 is 0.744 bits per heavy atom. The molecule has 0 saturated carbocycles. The molecule has 222 valence electrons. The maximum absolute atomic E-state index is 12.0. The molecule has 0 spiro atoms. The number of aliphatic hydroxyl groups excluding tert-OH is 9. The Bertz CT molecular complexity index is 1060. The van der Waals surface area contributed by atoms with Crippen LogP contribution in [0.25, 0.3) is 0 Å². The third-order valence-corrected chi connectivity index (χ3v) is 6.85. The van der Waals surface area contributed by atoms with Gasteiger partial charge in [0.2, 0.25) is 0 Å². The zero-order valence-corrected chi connectivity index (χ0v) is 20.2. The van der Waals surface area contributed by atoms with E-state index in [0.29, 0.717) is 0 Å². The van der Waals surface area contributed by atoms with Crippen molar-refractivity contribution in [1.29, 1.82) is 0 Å². The first kappa shape index (κ1) is 30.1. The van der Waals surface area contributed by atoms with E-state index in [1.54, 1.807) is 0 Å². The Morgan fingerprint density at radius 2 is 1.36 bits per heavy atom. The van der Waals surface area contributed by atoms with Gasteiger partial charge in [-0.3, -0.25) is 14.3 Å². The molecule has 10 N–H and O–H groups in total. The standard InChI is InChI=1S/C21H32N2O16/c24-3-6-10(27)12(29)15(32)20(37-6)39-17-7(4-25)38-19(16(33)13(17)30)35-5-8-11(28)14(31)18(36-8)23-2-1-9(26)22-21(23)34/h1-2,6-8,10-20,24-25,27-33H,3-5H2,(H,22,26,34)/t6-,7-,8-,10+,11-,12+,13-,14-,15-,16-,17-,18-,19-,20+/m1/s1. The van der Waals surface area contributed by atoms with E-state index in [4.69, 9.17) is 23.7 Å². The van der Waals surface area contributed by atoms with Crippen molar-refractivity contribution in [2.24, 2.45) is 0 Å². The van der Waals surface area contributed by atoms with Crippen LogP contribution in [0.5, 0.6) is 0 Å². The molecule has 39 heavy (non-hydrogen) atoms. The second-order valence-corrected chi connectivity index (χ2v) is 9.40. The lowest BCUT2D eigenvalue weighted by molar-refractivity contribution is -0.360. The van der Waals surface area contributed by atoms with Crippen molar-refractivity contribution in [3.8, 4) is 0 Å². The number of aliphatic hydroxyl groups is 9. The summed E-state index contributed by atoms with van der Waals surface area (Å²) < 4.78 is 28.0. The smallest absolute Gasteiger partial charge is 0.330 e. The molecule has 3 fully saturated rings. The molecule has 1 aromatic heterocycles. The van der Waals surface area contributed by atoms with Crippen LogP contribution < -0.4 is 11.2 Å². The van der Waals surface area contributed by atoms with Gasteiger partial charge in [0.15, 0.2) is 18.8 Å². The molecule has 0 aliphatic carbocycles. The summed E-state index contributed by atoms with van der Waals surface area (Å²) in [5, 5.41) is 91.1. The minimum Gasteiger partial charge on any atom is -0.394 e. The summed E-state index contributed by atoms with van der Waals surface area (Å²) in [5.41, 5.74) is -1.58. The Balaban J connectivity index is 1.39. The molecule has 4 heterocycles. The third kappa shape index (κ3) is 5.94. The number of hydrogen-bond donors (Lipinski definition) is 10. The fourth-order valence-corrected chi connectivity index (χ4v) is 4.61. The first-order chi connectivity index (χ1) is 18.5. The van der Waals surface area contributed by atoms with Gasteiger partial charge in [0.05, 0.1) is 19.8 Å². The minimum atomic E-state index is -1.83. The molecule has 0 aromatic carbocycles. The largest absolute Gasteiger partial charge is 0.394 e. The Kier molecular flexibility index (Phi) is 9.51. The second kappa shape index (κ2) is 12.3. The van der Waals surface area contributed by atoms with Gasteiger partial charge in [0.1, 0.15) is 67.1 Å². The average molecular weight is 568 g/mol. The van der Waals surface area contributed by atoms with E-state index in [9.17, 15) is 55.5 Å². The number of aromatic amines is 1. The highest BCUT2D eigenvalue weighted by Crippen LogP contribution is 2.32. The second-order valence-electron chi connectivity index (χ2n) is 9.40. The Morgan fingerprint density at radius 3 is 2.00 bits per heavy atom. The summed E-state index contributed by atoms with van der Waals surface area (Å²) in [6.07, 6.45) is -21.2. The maximum atomic E-state index is 12.0. The molecule has 3 aliphatic rings. The zero-order chi connectivity index (χ0) is 28.6. The van der Waals surface area contributed by atoms with Crippen LogP contribution in [0.4, 0.5) is 0 Å². The maximum Gasteiger partial charge on any atom is 0.330 e. The summed E-state index contributed by atoms with van der Waals surface area (Å²) in [7, 11) is 0. The van der Waals surface area contributed by atoms with Crippen LogP contribution in [0.1, 0.15) is 6.23 Å². The van der Waals surface area contributed by atoms with Crippen LogP contribution in [-0.4, -0.2) is 155 Å². The lowest BCUT2D eigenvalue weighted by Gasteiger charge is -2.46. The van der Waals surface area contributed by atoms with Gasteiger partial charge in [-0.2, -0.15) is 0 Å². The summed E-state index contributed by atoms with van der Waals surface area (Å²) in [4.78, 5) is 25.3. The normalized spacial score (nSPS) is 44.9. The van der Waals surface area contributed by atoms with Crippen molar-refractivity contribution in [1.82, 2.24) is 9.55 Å². The topological polar surface area (TPSA) is 283 Å². The lowest BCUT2D eigenvalue weighted by Crippen LogP contribution is -2.64. The van der Waals surface area contributed by atoms with Crippen LogP contribution in [-0.2, 0) is 23.7 Å². The molecule has 4 rings (SSSR count). The van der Waals surface area contributed by atoms with E-state index >= 15 is 0 Å². The molecule has 18 nitrogen and oxygen atoms in total. The zero-order valence-electron chi connectivity index (χ0n) is 20.2. The number of nitrogens with one attached hydrogen (secondary N) is 1. The number of ether oxygens (including phenoxy) is 5. The van der Waals surface area contributed by atoms with Crippen LogP contribution >= 0.6 is 0 Å². The van der Waals surface area contributed by atoms with E-state index in [0.717, 1.165) is 16.8 Å².